The molecule has 230 valence electrons. The summed E-state index contributed by atoms with van der Waals surface area (Å²) in [6, 6.07) is 12.1. The maximum atomic E-state index is 13.6. The second kappa shape index (κ2) is 13.8. The molecule has 2 aliphatic carbocycles. The van der Waals surface area contributed by atoms with Crippen LogP contribution in [0.1, 0.15) is 37.8 Å². The highest BCUT2D eigenvalue weighted by atomic mass is 32.2. The SMILES string of the molecule is CCC1C=CC=C2Sc3cc(/C=C/C(=O)C(C(=O)/C=C/c4ccc5c(c4)SC4=CC=CC(CC)C4=N5)=C4SCCS4)ccc3N=C21. The molecule has 1 saturated heterocycles. The summed E-state index contributed by atoms with van der Waals surface area (Å²) in [6.45, 7) is 4.37. The fourth-order valence-electron chi connectivity index (χ4n) is 5.78. The Morgan fingerprint density at radius 3 is 1.67 bits per heavy atom. The normalized spacial score (nSPS) is 21.2. The minimum Gasteiger partial charge on any atom is -0.289 e. The number of carbonyl (C=O) groups excluding carboxylic acids is 2. The van der Waals surface area contributed by atoms with Gasteiger partial charge in [0, 0.05) is 42.9 Å². The molecule has 4 nitrogen and oxygen atoms in total. The zero-order valence-corrected chi connectivity index (χ0v) is 28.8. The maximum absolute atomic E-state index is 13.6. The summed E-state index contributed by atoms with van der Waals surface area (Å²) >= 11 is 6.62. The minimum atomic E-state index is -0.270. The zero-order valence-electron chi connectivity index (χ0n) is 25.6. The van der Waals surface area contributed by atoms with Crippen LogP contribution in [0, 0.1) is 11.8 Å². The van der Waals surface area contributed by atoms with E-state index in [9.17, 15) is 9.59 Å². The van der Waals surface area contributed by atoms with Gasteiger partial charge in [-0.25, -0.2) is 0 Å². The molecule has 0 saturated carbocycles. The molecule has 2 aromatic carbocycles. The van der Waals surface area contributed by atoms with Crippen molar-refractivity contribution in [2.45, 2.75) is 36.5 Å². The Kier molecular flexibility index (Phi) is 9.41. The Bertz CT molecular complexity index is 1790. The fourth-order valence-corrected chi connectivity index (χ4v) is 10.5. The van der Waals surface area contributed by atoms with Gasteiger partial charge in [-0.1, -0.05) is 86.0 Å². The van der Waals surface area contributed by atoms with Gasteiger partial charge in [-0.15, -0.1) is 23.5 Å². The average molecular weight is 677 g/mol. The van der Waals surface area contributed by atoms with Crippen molar-refractivity contribution in [3.05, 3.63) is 116 Å². The number of nitrogens with zero attached hydrogens (tertiary/aromatic N) is 2. The molecule has 3 heterocycles. The molecular formula is C38H32N2O2S4. The van der Waals surface area contributed by atoms with E-state index in [0.717, 1.165) is 72.3 Å². The van der Waals surface area contributed by atoms with E-state index < -0.39 is 0 Å². The monoisotopic (exact) mass is 676 g/mol. The van der Waals surface area contributed by atoms with E-state index in [1.807, 2.05) is 36.4 Å². The number of fused-ring (bicyclic) bond motifs is 4. The first-order valence-corrected chi connectivity index (χ1v) is 19.1. The van der Waals surface area contributed by atoms with Gasteiger partial charge < -0.3 is 0 Å². The van der Waals surface area contributed by atoms with Crippen LogP contribution in [0.2, 0.25) is 0 Å². The van der Waals surface area contributed by atoms with E-state index in [-0.39, 0.29) is 17.1 Å². The molecule has 1 fully saturated rings. The van der Waals surface area contributed by atoms with Gasteiger partial charge in [0.2, 0.25) is 0 Å². The third-order valence-corrected chi connectivity index (χ3v) is 13.2. The van der Waals surface area contributed by atoms with Crippen molar-refractivity contribution in [1.82, 2.24) is 0 Å². The second-order valence-corrected chi connectivity index (χ2v) is 15.9. The summed E-state index contributed by atoms with van der Waals surface area (Å²) in [5.74, 6) is 1.93. The van der Waals surface area contributed by atoms with E-state index in [1.54, 1.807) is 47.0 Å². The lowest BCUT2D eigenvalue weighted by molar-refractivity contribution is -0.116. The van der Waals surface area contributed by atoms with Crippen LogP contribution in [0.5, 0.6) is 0 Å². The van der Waals surface area contributed by atoms with E-state index in [2.05, 4.69) is 62.4 Å². The number of thioether (sulfide) groups is 4. The third kappa shape index (κ3) is 6.45. The molecular weight excluding hydrogens is 645 g/mol. The number of hydrogen-bond donors (Lipinski definition) is 0. The Morgan fingerprint density at radius 1 is 0.739 bits per heavy atom. The van der Waals surface area contributed by atoms with E-state index in [4.69, 9.17) is 9.98 Å². The van der Waals surface area contributed by atoms with Gasteiger partial charge in [0.05, 0.1) is 32.6 Å². The van der Waals surface area contributed by atoms with E-state index in [1.165, 1.54) is 22.0 Å². The van der Waals surface area contributed by atoms with Gasteiger partial charge in [0.15, 0.2) is 11.6 Å². The molecule has 46 heavy (non-hydrogen) atoms. The molecule has 7 rings (SSSR count). The molecule has 0 amide bonds. The lowest BCUT2D eigenvalue weighted by Crippen LogP contribution is -2.17. The van der Waals surface area contributed by atoms with Crippen molar-refractivity contribution in [3.8, 4) is 0 Å². The van der Waals surface area contributed by atoms with Crippen LogP contribution in [-0.4, -0.2) is 34.5 Å². The third-order valence-electron chi connectivity index (χ3n) is 8.26. The summed E-state index contributed by atoms with van der Waals surface area (Å²) in [6.07, 6.45) is 21.6. The second-order valence-electron chi connectivity index (χ2n) is 11.3. The molecule has 2 aromatic rings. The number of rotatable bonds is 8. The Hall–Kier alpha value is -3.30. The molecule has 2 atom stereocenters. The molecule has 0 aromatic heterocycles. The molecule has 3 aliphatic heterocycles. The number of benzene rings is 2. The quantitative estimate of drug-likeness (QED) is 0.158. The van der Waals surface area contributed by atoms with Crippen LogP contribution in [0.15, 0.2) is 124 Å². The molecule has 5 aliphatic rings. The molecule has 2 unspecified atom stereocenters. The molecule has 8 heteroatoms. The van der Waals surface area contributed by atoms with Crippen LogP contribution in [0.4, 0.5) is 11.4 Å². The first-order chi connectivity index (χ1) is 22.5. The maximum Gasteiger partial charge on any atom is 0.191 e. The molecule has 0 radical (unpaired) electrons. The fraction of sp³-hybridized carbons (Fsp3) is 0.211. The number of aliphatic imine (C=N–C) groups is 2. The van der Waals surface area contributed by atoms with Crippen molar-refractivity contribution < 1.29 is 9.59 Å². The van der Waals surface area contributed by atoms with Gasteiger partial charge in [0.25, 0.3) is 0 Å². The summed E-state index contributed by atoms with van der Waals surface area (Å²) in [4.78, 5) is 41.6. The molecule has 0 spiro atoms. The van der Waals surface area contributed by atoms with E-state index >= 15 is 0 Å². The van der Waals surface area contributed by atoms with Crippen LogP contribution in [-0.2, 0) is 9.59 Å². The number of hydrogen-bond acceptors (Lipinski definition) is 8. The highest BCUT2D eigenvalue weighted by Gasteiger charge is 2.27. The van der Waals surface area contributed by atoms with Crippen molar-refractivity contribution in [2.75, 3.05) is 11.5 Å². The smallest absolute Gasteiger partial charge is 0.191 e. The van der Waals surface area contributed by atoms with Crippen molar-refractivity contribution in [1.29, 1.82) is 0 Å². The van der Waals surface area contributed by atoms with Crippen molar-refractivity contribution in [2.24, 2.45) is 21.8 Å². The van der Waals surface area contributed by atoms with Crippen LogP contribution in [0.3, 0.4) is 0 Å². The van der Waals surface area contributed by atoms with Gasteiger partial charge in [-0.2, -0.15) is 0 Å². The van der Waals surface area contributed by atoms with Crippen LogP contribution < -0.4 is 0 Å². The highest BCUT2D eigenvalue weighted by Crippen LogP contribution is 2.45. The van der Waals surface area contributed by atoms with Gasteiger partial charge in [-0.3, -0.25) is 19.6 Å². The van der Waals surface area contributed by atoms with Crippen LogP contribution in [0.25, 0.3) is 12.2 Å². The Labute approximate surface area is 287 Å². The van der Waals surface area contributed by atoms with Gasteiger partial charge in [-0.05, 0) is 72.5 Å². The lowest BCUT2D eigenvalue weighted by atomic mass is 9.95. The van der Waals surface area contributed by atoms with Crippen molar-refractivity contribution >= 4 is 93.6 Å². The highest BCUT2D eigenvalue weighted by molar-refractivity contribution is 8.25. The summed E-state index contributed by atoms with van der Waals surface area (Å²) in [7, 11) is 0. The molecule has 0 N–H and O–H groups in total. The summed E-state index contributed by atoms with van der Waals surface area (Å²) < 4.78 is 0.806. The number of allylic oxidation sites excluding steroid dienone is 11. The number of carbonyl (C=O) groups is 2. The van der Waals surface area contributed by atoms with Gasteiger partial charge >= 0.3 is 0 Å². The largest absolute Gasteiger partial charge is 0.289 e. The first kappa shape index (κ1) is 31.3. The average Bonchev–Trinajstić information content (AvgIpc) is 3.61. The van der Waals surface area contributed by atoms with Crippen LogP contribution >= 0.6 is 47.0 Å². The molecule has 0 bridgehead atoms. The zero-order chi connectivity index (χ0) is 31.6. The van der Waals surface area contributed by atoms with E-state index in [0.29, 0.717) is 11.8 Å². The first-order valence-electron chi connectivity index (χ1n) is 15.5. The number of ketones is 2. The minimum absolute atomic E-state index is 0.248. The van der Waals surface area contributed by atoms with Gasteiger partial charge in [0.1, 0.15) is 0 Å². The summed E-state index contributed by atoms with van der Waals surface area (Å²) in [5.41, 5.74) is 6.25. The predicted molar refractivity (Wildman–Crippen MR) is 201 cm³/mol. The Balaban J connectivity index is 1.09. The lowest BCUT2D eigenvalue weighted by Gasteiger charge is -2.24. The predicted octanol–water partition coefficient (Wildman–Crippen LogP) is 10.6. The standard InChI is InChI=1S/C38H32N2O2S4/c1-3-25-7-5-9-31-36(25)39-27-15-11-23(21-33(27)45-31)13-17-29(41)35(38-43-19-20-44-38)30(42)18-14-24-12-16-28-34(22-24)46-32-10-6-8-26(4-2)37(32)40-28/h5-18,21-22,25-26H,3-4,19-20H2,1-2H3/b17-13+,18-14+. The Morgan fingerprint density at radius 2 is 1.22 bits per heavy atom. The topological polar surface area (TPSA) is 58.9 Å². The van der Waals surface area contributed by atoms with Crippen molar-refractivity contribution in [3.63, 3.8) is 0 Å². The summed E-state index contributed by atoms with van der Waals surface area (Å²) in [5, 5.41) is 0.